The fourth-order valence-corrected chi connectivity index (χ4v) is 3.11. The van der Waals surface area contributed by atoms with Gasteiger partial charge in [-0.25, -0.2) is 0 Å². The number of aromatic nitrogens is 3. The monoisotopic (exact) mass is 349 g/mol. The van der Waals surface area contributed by atoms with E-state index < -0.39 is 0 Å². The minimum atomic E-state index is -0.177. The zero-order chi connectivity index (χ0) is 18.8. The van der Waals surface area contributed by atoms with E-state index in [1.165, 1.54) is 16.3 Å². The first-order valence-electron chi connectivity index (χ1n) is 8.70. The third-order valence-electron chi connectivity index (χ3n) is 4.47. The Bertz CT molecular complexity index is 1040. The highest BCUT2D eigenvalue weighted by Gasteiger charge is 2.19. The van der Waals surface area contributed by atoms with Crippen LogP contribution < -0.4 is 5.56 Å². The highest BCUT2D eigenvalue weighted by Crippen LogP contribution is 2.27. The second-order valence-corrected chi connectivity index (χ2v) is 7.06. The number of nitrogens with one attached hydrogen (secondary N) is 1. The molecule has 26 heavy (non-hydrogen) atoms. The van der Waals surface area contributed by atoms with Gasteiger partial charge in [-0.05, 0) is 43.6 Å². The zero-order valence-corrected chi connectivity index (χ0v) is 15.6. The molecule has 0 spiro atoms. The average Bonchev–Trinajstić information content (AvgIpc) is 3.03. The third kappa shape index (κ3) is 3.26. The van der Waals surface area contributed by atoms with E-state index in [0.29, 0.717) is 16.8 Å². The van der Waals surface area contributed by atoms with Crippen LogP contribution in [0, 0.1) is 11.3 Å². The van der Waals surface area contributed by atoms with E-state index in [-0.39, 0.29) is 11.5 Å². The van der Waals surface area contributed by atoms with Crippen molar-refractivity contribution in [3.63, 3.8) is 0 Å². The van der Waals surface area contributed by atoms with E-state index in [1.54, 1.807) is 0 Å². The summed E-state index contributed by atoms with van der Waals surface area (Å²) < 4.78 is 1.29. The van der Waals surface area contributed by atoms with Crippen molar-refractivity contribution in [3.05, 3.63) is 57.5 Å². The van der Waals surface area contributed by atoms with Crippen LogP contribution in [0.5, 0.6) is 0 Å². The minimum Gasteiger partial charge on any atom is -0.338 e. The lowest BCUT2D eigenvalue weighted by Gasteiger charge is -2.15. The summed E-state index contributed by atoms with van der Waals surface area (Å²) in [5.74, 6) is 0.0262. The van der Waals surface area contributed by atoms with Gasteiger partial charge in [0.2, 0.25) is 0 Å². The molecule has 6 heteroatoms. The number of hydrogen-bond acceptors (Lipinski definition) is 4. The molecular formula is C20H23N5O. The van der Waals surface area contributed by atoms with E-state index in [0.717, 1.165) is 24.2 Å². The molecule has 0 amide bonds. The van der Waals surface area contributed by atoms with Crippen LogP contribution >= 0.6 is 0 Å². The standard InChI is InChI=1S/C20H23N5O/c1-13(2)17-18(15-7-5-6-14(10-15)8-9-24(3)4)23-19-16(11-21)12-22-25(19)20(17)26/h5-7,10,12-13,23H,8-9H2,1-4H3. The molecule has 2 aromatic heterocycles. The molecule has 0 aliphatic heterocycles. The van der Waals surface area contributed by atoms with E-state index in [4.69, 9.17) is 0 Å². The van der Waals surface area contributed by atoms with Gasteiger partial charge >= 0.3 is 0 Å². The second-order valence-electron chi connectivity index (χ2n) is 7.06. The fourth-order valence-electron chi connectivity index (χ4n) is 3.11. The van der Waals surface area contributed by atoms with Crippen LogP contribution in [-0.2, 0) is 6.42 Å². The number of hydrogen-bond donors (Lipinski definition) is 1. The molecule has 0 aliphatic carbocycles. The van der Waals surface area contributed by atoms with Crippen molar-refractivity contribution in [2.24, 2.45) is 0 Å². The maximum atomic E-state index is 13.0. The zero-order valence-electron chi connectivity index (χ0n) is 15.6. The average molecular weight is 349 g/mol. The van der Waals surface area contributed by atoms with E-state index >= 15 is 0 Å². The molecule has 0 unspecified atom stereocenters. The van der Waals surface area contributed by atoms with Crippen molar-refractivity contribution in [2.75, 3.05) is 20.6 Å². The van der Waals surface area contributed by atoms with Gasteiger partial charge in [-0.1, -0.05) is 32.0 Å². The van der Waals surface area contributed by atoms with Gasteiger partial charge in [0.25, 0.3) is 5.56 Å². The third-order valence-corrected chi connectivity index (χ3v) is 4.47. The first-order chi connectivity index (χ1) is 12.4. The maximum Gasteiger partial charge on any atom is 0.278 e. The number of likely N-dealkylation sites (N-methyl/N-ethyl adjacent to an activating group) is 1. The molecule has 0 fully saturated rings. The molecule has 1 aromatic carbocycles. The quantitative estimate of drug-likeness (QED) is 0.768. The lowest BCUT2D eigenvalue weighted by molar-refractivity contribution is 0.413. The Morgan fingerprint density at radius 1 is 1.35 bits per heavy atom. The van der Waals surface area contributed by atoms with Gasteiger partial charge in [-0.3, -0.25) is 4.79 Å². The molecule has 0 radical (unpaired) electrons. The summed E-state index contributed by atoms with van der Waals surface area (Å²) in [6.07, 6.45) is 2.36. The molecule has 3 aromatic rings. The van der Waals surface area contributed by atoms with E-state index in [9.17, 15) is 10.1 Å². The summed E-state index contributed by atoms with van der Waals surface area (Å²) in [5, 5.41) is 13.4. The summed E-state index contributed by atoms with van der Waals surface area (Å²) in [6.45, 7) is 4.94. The SMILES string of the molecule is CC(C)c1c(-c2cccc(CCN(C)C)c2)[nH]c2c(C#N)cnn2c1=O. The topological polar surface area (TPSA) is 77.2 Å². The predicted molar refractivity (Wildman–Crippen MR) is 102 cm³/mol. The number of benzene rings is 1. The summed E-state index contributed by atoms with van der Waals surface area (Å²) in [4.78, 5) is 18.4. The van der Waals surface area contributed by atoms with Crippen molar-refractivity contribution in [1.82, 2.24) is 19.5 Å². The van der Waals surface area contributed by atoms with Crippen LogP contribution in [0.3, 0.4) is 0 Å². The highest BCUT2D eigenvalue weighted by atomic mass is 16.1. The molecule has 0 saturated heterocycles. The molecule has 1 N–H and O–H groups in total. The summed E-state index contributed by atoms with van der Waals surface area (Å²) in [6, 6.07) is 10.3. The van der Waals surface area contributed by atoms with Gasteiger partial charge in [0.1, 0.15) is 11.6 Å². The minimum absolute atomic E-state index is 0.0262. The first kappa shape index (κ1) is 17.9. The van der Waals surface area contributed by atoms with Gasteiger partial charge in [-0.15, -0.1) is 0 Å². The van der Waals surface area contributed by atoms with Crippen molar-refractivity contribution in [3.8, 4) is 17.3 Å². The second kappa shape index (κ2) is 7.14. The number of rotatable bonds is 5. The van der Waals surface area contributed by atoms with Crippen LogP contribution in [0.2, 0.25) is 0 Å². The van der Waals surface area contributed by atoms with Gasteiger partial charge in [0.15, 0.2) is 5.65 Å². The summed E-state index contributed by atoms with van der Waals surface area (Å²) in [7, 11) is 4.10. The Labute approximate surface area is 152 Å². The van der Waals surface area contributed by atoms with Crippen LogP contribution in [-0.4, -0.2) is 40.1 Å². The molecule has 0 saturated carbocycles. The van der Waals surface area contributed by atoms with Gasteiger partial charge in [0, 0.05) is 12.1 Å². The van der Waals surface area contributed by atoms with Crippen molar-refractivity contribution < 1.29 is 0 Å². The Kier molecular flexibility index (Phi) is 4.92. The van der Waals surface area contributed by atoms with Crippen molar-refractivity contribution in [1.29, 1.82) is 5.26 Å². The van der Waals surface area contributed by atoms with E-state index in [2.05, 4.69) is 47.3 Å². The van der Waals surface area contributed by atoms with Crippen LogP contribution in [0.15, 0.2) is 35.3 Å². The van der Waals surface area contributed by atoms with E-state index in [1.807, 2.05) is 26.0 Å². The molecular weight excluding hydrogens is 326 g/mol. The van der Waals surface area contributed by atoms with Crippen LogP contribution in [0.25, 0.3) is 16.9 Å². The number of aromatic amines is 1. The first-order valence-corrected chi connectivity index (χ1v) is 8.70. The number of nitriles is 1. The van der Waals surface area contributed by atoms with Crippen LogP contribution in [0.1, 0.15) is 36.5 Å². The molecule has 3 rings (SSSR count). The molecule has 2 heterocycles. The van der Waals surface area contributed by atoms with Crippen molar-refractivity contribution in [2.45, 2.75) is 26.2 Å². The molecule has 0 bridgehead atoms. The lowest BCUT2D eigenvalue weighted by atomic mass is 9.96. The largest absolute Gasteiger partial charge is 0.338 e. The van der Waals surface area contributed by atoms with Gasteiger partial charge in [0.05, 0.1) is 11.9 Å². The number of H-pyrrole nitrogens is 1. The Morgan fingerprint density at radius 2 is 2.12 bits per heavy atom. The molecule has 134 valence electrons. The number of nitrogens with zero attached hydrogens (tertiary/aromatic N) is 4. The van der Waals surface area contributed by atoms with Crippen LogP contribution in [0.4, 0.5) is 0 Å². The Hall–Kier alpha value is -2.91. The normalized spacial score (nSPS) is 11.4. The Balaban J connectivity index is 2.21. The maximum absolute atomic E-state index is 13.0. The molecule has 0 aliphatic rings. The Morgan fingerprint density at radius 3 is 2.77 bits per heavy atom. The molecule has 6 nitrogen and oxygen atoms in total. The fraction of sp³-hybridized carbons (Fsp3) is 0.350. The predicted octanol–water partition coefficient (Wildman–Crippen LogP) is 2.79. The van der Waals surface area contributed by atoms with Gasteiger partial charge in [-0.2, -0.15) is 14.9 Å². The van der Waals surface area contributed by atoms with Gasteiger partial charge < -0.3 is 9.88 Å². The summed E-state index contributed by atoms with van der Waals surface area (Å²) >= 11 is 0. The number of fused-ring (bicyclic) bond motifs is 1. The lowest BCUT2D eigenvalue weighted by Crippen LogP contribution is -2.22. The van der Waals surface area contributed by atoms with Crippen molar-refractivity contribution >= 4 is 5.65 Å². The summed E-state index contributed by atoms with van der Waals surface area (Å²) in [5.41, 5.74) is 4.23. The highest BCUT2D eigenvalue weighted by molar-refractivity contribution is 5.68. The smallest absolute Gasteiger partial charge is 0.278 e. The molecule has 0 atom stereocenters.